The van der Waals surface area contributed by atoms with Crippen molar-refractivity contribution in [1.29, 1.82) is 0 Å². The summed E-state index contributed by atoms with van der Waals surface area (Å²) in [7, 11) is 0. The molecule has 1 N–H and O–H groups in total. The van der Waals surface area contributed by atoms with Crippen molar-refractivity contribution in [3.05, 3.63) is 21.9 Å². The Morgan fingerprint density at radius 3 is 2.91 bits per heavy atom. The molecule has 22 heavy (non-hydrogen) atoms. The van der Waals surface area contributed by atoms with Gasteiger partial charge in [0.05, 0.1) is 5.92 Å². The fourth-order valence-electron chi connectivity index (χ4n) is 3.93. The van der Waals surface area contributed by atoms with E-state index in [2.05, 4.69) is 28.6 Å². The number of aryl methyl sites for hydroxylation is 1. The maximum atomic E-state index is 12.5. The molecule has 1 aliphatic carbocycles. The number of fused-ring (bicyclic) bond motifs is 1. The molecule has 0 radical (unpaired) electrons. The third kappa shape index (κ3) is 3.72. The van der Waals surface area contributed by atoms with E-state index in [1.54, 1.807) is 0 Å². The second-order valence-electron chi connectivity index (χ2n) is 6.81. The molecule has 2 heterocycles. The van der Waals surface area contributed by atoms with Crippen LogP contribution in [-0.4, -0.2) is 29.9 Å². The van der Waals surface area contributed by atoms with Crippen molar-refractivity contribution in [1.82, 2.24) is 10.2 Å². The molecule has 0 aromatic carbocycles. The topological polar surface area (TPSA) is 32.3 Å². The molecule has 3 rings (SSSR count). The molecular formula is C18H28N2OS. The summed E-state index contributed by atoms with van der Waals surface area (Å²) < 4.78 is 0. The summed E-state index contributed by atoms with van der Waals surface area (Å²) in [5.41, 5.74) is 1.40. The summed E-state index contributed by atoms with van der Waals surface area (Å²) in [6.07, 6.45) is 8.37. The largest absolute Gasteiger partial charge is 0.356 e. The maximum absolute atomic E-state index is 12.5. The molecular weight excluding hydrogens is 292 g/mol. The molecule has 2 atom stereocenters. The molecule has 122 valence electrons. The van der Waals surface area contributed by atoms with Crippen molar-refractivity contribution >= 4 is 17.2 Å². The van der Waals surface area contributed by atoms with Gasteiger partial charge in [-0.3, -0.25) is 9.69 Å². The van der Waals surface area contributed by atoms with E-state index in [0.29, 0.717) is 11.9 Å². The quantitative estimate of drug-likeness (QED) is 0.901. The van der Waals surface area contributed by atoms with E-state index in [1.807, 2.05) is 11.3 Å². The first-order valence-electron chi connectivity index (χ1n) is 8.80. The molecule has 3 nitrogen and oxygen atoms in total. The van der Waals surface area contributed by atoms with Crippen molar-refractivity contribution in [2.75, 3.05) is 13.1 Å². The first-order chi connectivity index (χ1) is 10.8. The first kappa shape index (κ1) is 16.0. The fourth-order valence-corrected chi connectivity index (χ4v) is 4.86. The number of hydrogen-bond acceptors (Lipinski definition) is 3. The molecule has 1 aliphatic heterocycles. The minimum Gasteiger partial charge on any atom is -0.356 e. The summed E-state index contributed by atoms with van der Waals surface area (Å²) in [6, 6.07) is 2.66. The lowest BCUT2D eigenvalue weighted by atomic mass is 10.0. The van der Waals surface area contributed by atoms with Gasteiger partial charge in [0.15, 0.2) is 0 Å². The predicted molar refractivity (Wildman–Crippen MR) is 92.1 cm³/mol. The fraction of sp³-hybridized carbons (Fsp3) is 0.722. The van der Waals surface area contributed by atoms with E-state index in [9.17, 15) is 4.79 Å². The zero-order chi connectivity index (χ0) is 15.4. The molecule has 1 saturated carbocycles. The molecule has 4 heteroatoms. The predicted octanol–water partition coefficient (Wildman–Crippen LogP) is 3.72. The summed E-state index contributed by atoms with van der Waals surface area (Å²) in [4.78, 5) is 16.6. The minimum absolute atomic E-state index is 0.207. The van der Waals surface area contributed by atoms with Crippen LogP contribution in [0.4, 0.5) is 0 Å². The van der Waals surface area contributed by atoms with Crippen molar-refractivity contribution in [2.45, 2.75) is 64.5 Å². The smallest absolute Gasteiger partial charge is 0.224 e. The lowest BCUT2D eigenvalue weighted by molar-refractivity contribution is -0.126. The second-order valence-corrected chi connectivity index (χ2v) is 7.81. The standard InChI is InChI=1S/C18H28N2OS/c1-14-9-12-22-17(14)13-20-11-5-3-2-4-10-19-18(21)15-7-6-8-16(15)20/h9,12,15-16H,2-8,10-11,13H2,1H3,(H,19,21). The van der Waals surface area contributed by atoms with E-state index >= 15 is 0 Å². The van der Waals surface area contributed by atoms with Gasteiger partial charge in [0.1, 0.15) is 0 Å². The van der Waals surface area contributed by atoms with Gasteiger partial charge in [-0.15, -0.1) is 11.3 Å². The molecule has 1 amide bonds. The Morgan fingerprint density at radius 1 is 1.23 bits per heavy atom. The van der Waals surface area contributed by atoms with Crippen molar-refractivity contribution < 1.29 is 4.79 Å². The Balaban J connectivity index is 1.76. The average Bonchev–Trinajstić information content (AvgIpc) is 3.13. The van der Waals surface area contributed by atoms with Gasteiger partial charge in [-0.05, 0) is 56.2 Å². The lowest BCUT2D eigenvalue weighted by Gasteiger charge is -2.32. The van der Waals surface area contributed by atoms with Gasteiger partial charge >= 0.3 is 0 Å². The highest BCUT2D eigenvalue weighted by molar-refractivity contribution is 7.10. The van der Waals surface area contributed by atoms with Gasteiger partial charge in [-0.2, -0.15) is 0 Å². The number of hydrogen-bond donors (Lipinski definition) is 1. The molecule has 0 bridgehead atoms. The number of carbonyl (C=O) groups excluding carboxylic acids is 1. The van der Waals surface area contributed by atoms with Gasteiger partial charge in [0, 0.05) is 24.0 Å². The Hall–Kier alpha value is -0.870. The van der Waals surface area contributed by atoms with Crippen LogP contribution in [0.1, 0.15) is 55.4 Å². The van der Waals surface area contributed by atoms with E-state index < -0.39 is 0 Å². The highest BCUT2D eigenvalue weighted by Gasteiger charge is 2.36. The van der Waals surface area contributed by atoms with Crippen LogP contribution in [0, 0.1) is 12.8 Å². The lowest BCUT2D eigenvalue weighted by Crippen LogP contribution is -2.44. The Kier molecular flexibility index (Phi) is 5.53. The summed E-state index contributed by atoms with van der Waals surface area (Å²) in [6.45, 7) is 5.24. The van der Waals surface area contributed by atoms with Gasteiger partial charge in [0.2, 0.25) is 5.91 Å². The van der Waals surface area contributed by atoms with Crippen LogP contribution in [-0.2, 0) is 11.3 Å². The summed E-state index contributed by atoms with van der Waals surface area (Å²) in [5.74, 6) is 0.510. The van der Waals surface area contributed by atoms with Crippen LogP contribution < -0.4 is 5.32 Å². The van der Waals surface area contributed by atoms with E-state index in [4.69, 9.17) is 0 Å². The molecule has 1 aromatic heterocycles. The van der Waals surface area contributed by atoms with Crippen LogP contribution in [0.2, 0.25) is 0 Å². The van der Waals surface area contributed by atoms with Gasteiger partial charge in [0.25, 0.3) is 0 Å². The van der Waals surface area contributed by atoms with E-state index in [-0.39, 0.29) is 5.92 Å². The highest BCUT2D eigenvalue weighted by Crippen LogP contribution is 2.33. The third-order valence-corrected chi connectivity index (χ3v) is 6.28. The molecule has 0 spiro atoms. The van der Waals surface area contributed by atoms with Crippen LogP contribution in [0.15, 0.2) is 11.4 Å². The van der Waals surface area contributed by atoms with E-state index in [0.717, 1.165) is 32.5 Å². The first-order valence-corrected chi connectivity index (χ1v) is 9.68. The number of amides is 1. The average molecular weight is 321 g/mol. The molecule has 1 aromatic rings. The Morgan fingerprint density at radius 2 is 2.09 bits per heavy atom. The number of nitrogens with one attached hydrogen (secondary N) is 1. The van der Waals surface area contributed by atoms with Gasteiger partial charge in [-0.1, -0.05) is 19.3 Å². The molecule has 1 saturated heterocycles. The molecule has 2 fully saturated rings. The zero-order valence-corrected chi connectivity index (χ0v) is 14.5. The number of carbonyl (C=O) groups is 1. The van der Waals surface area contributed by atoms with Crippen molar-refractivity contribution in [2.24, 2.45) is 5.92 Å². The summed E-state index contributed by atoms with van der Waals surface area (Å²) >= 11 is 1.86. The Labute approximate surface area is 138 Å². The second kappa shape index (κ2) is 7.60. The number of thiophene rings is 1. The highest BCUT2D eigenvalue weighted by atomic mass is 32.1. The van der Waals surface area contributed by atoms with Crippen molar-refractivity contribution in [3.63, 3.8) is 0 Å². The number of rotatable bonds is 2. The van der Waals surface area contributed by atoms with Crippen LogP contribution in [0.5, 0.6) is 0 Å². The van der Waals surface area contributed by atoms with Crippen LogP contribution >= 0.6 is 11.3 Å². The Bertz CT molecular complexity index is 499. The van der Waals surface area contributed by atoms with Gasteiger partial charge in [-0.25, -0.2) is 0 Å². The molecule has 2 aliphatic rings. The zero-order valence-electron chi connectivity index (χ0n) is 13.6. The molecule has 2 unspecified atom stereocenters. The van der Waals surface area contributed by atoms with Crippen LogP contribution in [0.25, 0.3) is 0 Å². The third-order valence-electron chi connectivity index (χ3n) is 5.27. The van der Waals surface area contributed by atoms with Gasteiger partial charge < -0.3 is 5.32 Å². The SMILES string of the molecule is Cc1ccsc1CN1CCCCCCNC(=O)C2CCCC21. The van der Waals surface area contributed by atoms with Crippen molar-refractivity contribution in [3.8, 4) is 0 Å². The normalized spacial score (nSPS) is 28.0. The number of nitrogens with zero attached hydrogens (tertiary/aromatic N) is 1. The van der Waals surface area contributed by atoms with Crippen LogP contribution in [0.3, 0.4) is 0 Å². The minimum atomic E-state index is 0.207. The maximum Gasteiger partial charge on any atom is 0.224 e. The summed E-state index contributed by atoms with van der Waals surface area (Å²) in [5, 5.41) is 5.37. The monoisotopic (exact) mass is 320 g/mol. The van der Waals surface area contributed by atoms with E-state index in [1.165, 1.54) is 42.5 Å².